The number of carbonyl (C=O) groups is 1. The number of aliphatic hydroxyl groups is 1. The van der Waals surface area contributed by atoms with E-state index in [1.54, 1.807) is 4.68 Å². The van der Waals surface area contributed by atoms with Crippen LogP contribution >= 0.6 is 15.9 Å². The van der Waals surface area contributed by atoms with E-state index in [0.717, 1.165) is 15.9 Å². The lowest BCUT2D eigenvalue weighted by atomic mass is 10.1. The molecule has 0 fully saturated rings. The summed E-state index contributed by atoms with van der Waals surface area (Å²) in [6, 6.07) is 7.62. The van der Waals surface area contributed by atoms with Gasteiger partial charge in [-0.3, -0.25) is 4.79 Å². The fourth-order valence-electron chi connectivity index (χ4n) is 2.00. The lowest BCUT2D eigenvalue weighted by Gasteiger charge is -2.11. The van der Waals surface area contributed by atoms with E-state index >= 15 is 0 Å². The van der Waals surface area contributed by atoms with Crippen LogP contribution in [0, 0.1) is 0 Å². The quantitative estimate of drug-likeness (QED) is 0.860. The third kappa shape index (κ3) is 3.48. The van der Waals surface area contributed by atoms with Gasteiger partial charge in [0, 0.05) is 11.0 Å². The Labute approximate surface area is 131 Å². The third-order valence-electron chi connectivity index (χ3n) is 2.94. The first kappa shape index (κ1) is 15.7. The predicted molar refractivity (Wildman–Crippen MR) is 82.6 cm³/mol. The zero-order chi connectivity index (χ0) is 15.4. The number of carbonyl (C=O) groups excluding carboxylic acids is 1. The van der Waals surface area contributed by atoms with Crippen molar-refractivity contribution in [3.05, 3.63) is 40.1 Å². The number of hydrogen-bond acceptors (Lipinski definition) is 4. The van der Waals surface area contributed by atoms with Crippen molar-refractivity contribution < 1.29 is 9.90 Å². The van der Waals surface area contributed by atoms with Crippen LogP contribution in [0.5, 0.6) is 0 Å². The number of aliphatic hydroxyl groups excluding tert-OH is 1. The molecule has 1 heterocycles. The molecule has 0 saturated carbocycles. The van der Waals surface area contributed by atoms with Crippen LogP contribution < -0.4 is 5.32 Å². The summed E-state index contributed by atoms with van der Waals surface area (Å²) in [4.78, 5) is 12.1. The number of amides is 1. The molecular weight excluding hydrogens is 336 g/mol. The highest BCUT2D eigenvalue weighted by molar-refractivity contribution is 9.10. The molecule has 6 nitrogen and oxygen atoms in total. The van der Waals surface area contributed by atoms with Crippen LogP contribution in [-0.2, 0) is 0 Å². The molecule has 2 N–H and O–H groups in total. The minimum Gasteiger partial charge on any atom is -0.395 e. The highest BCUT2D eigenvalue weighted by Gasteiger charge is 2.22. The van der Waals surface area contributed by atoms with Crippen LogP contribution in [0.25, 0.3) is 5.69 Å². The van der Waals surface area contributed by atoms with Crippen LogP contribution in [0.1, 0.15) is 35.9 Å². The van der Waals surface area contributed by atoms with Crippen molar-refractivity contribution in [2.24, 2.45) is 0 Å². The summed E-state index contributed by atoms with van der Waals surface area (Å²) in [6.07, 6.45) is 0. The van der Waals surface area contributed by atoms with Crippen molar-refractivity contribution in [1.29, 1.82) is 0 Å². The summed E-state index contributed by atoms with van der Waals surface area (Å²) in [5.41, 5.74) is 1.88. The second-order valence-electron chi connectivity index (χ2n) is 4.85. The number of rotatable bonds is 5. The molecule has 21 heavy (non-hydrogen) atoms. The molecule has 0 aliphatic heterocycles. The van der Waals surface area contributed by atoms with Crippen molar-refractivity contribution in [1.82, 2.24) is 20.3 Å². The predicted octanol–water partition coefficient (Wildman–Crippen LogP) is 1.88. The van der Waals surface area contributed by atoms with Crippen molar-refractivity contribution in [2.75, 3.05) is 13.2 Å². The van der Waals surface area contributed by atoms with Crippen LogP contribution in [0.2, 0.25) is 0 Å². The standard InChI is InChI=1S/C14H17BrN4O2/c1-9(2)13-12(14(21)16-7-8-20)17-18-19(13)11-5-3-10(15)4-6-11/h3-6,9,20H,7-8H2,1-2H3,(H,16,21). The third-order valence-corrected chi connectivity index (χ3v) is 3.46. The first-order valence-electron chi connectivity index (χ1n) is 6.65. The van der Waals surface area contributed by atoms with Crippen molar-refractivity contribution >= 4 is 21.8 Å². The number of aromatic nitrogens is 3. The second-order valence-corrected chi connectivity index (χ2v) is 5.76. The number of halogens is 1. The Balaban J connectivity index is 2.41. The molecule has 0 radical (unpaired) electrons. The molecule has 0 spiro atoms. The maximum absolute atomic E-state index is 12.1. The van der Waals surface area contributed by atoms with Crippen molar-refractivity contribution in [3.63, 3.8) is 0 Å². The normalized spacial score (nSPS) is 10.9. The Morgan fingerprint density at radius 2 is 2.05 bits per heavy atom. The molecule has 0 atom stereocenters. The van der Waals surface area contributed by atoms with Gasteiger partial charge in [-0.15, -0.1) is 5.10 Å². The summed E-state index contributed by atoms with van der Waals surface area (Å²) >= 11 is 3.39. The molecule has 0 aliphatic carbocycles. The minimum atomic E-state index is -0.323. The molecule has 2 aromatic rings. The molecule has 0 saturated heterocycles. The Hall–Kier alpha value is -1.73. The van der Waals surface area contributed by atoms with Gasteiger partial charge in [-0.05, 0) is 30.2 Å². The number of nitrogens with one attached hydrogen (secondary N) is 1. The molecule has 2 rings (SSSR count). The number of hydrogen-bond donors (Lipinski definition) is 2. The van der Waals surface area contributed by atoms with E-state index in [-0.39, 0.29) is 25.0 Å². The van der Waals surface area contributed by atoms with E-state index in [9.17, 15) is 4.79 Å². The van der Waals surface area contributed by atoms with Gasteiger partial charge in [0.2, 0.25) is 0 Å². The highest BCUT2D eigenvalue weighted by Crippen LogP contribution is 2.22. The maximum Gasteiger partial charge on any atom is 0.273 e. The summed E-state index contributed by atoms with van der Waals surface area (Å²) in [5, 5.41) is 19.5. The summed E-state index contributed by atoms with van der Waals surface area (Å²) < 4.78 is 2.64. The fourth-order valence-corrected chi connectivity index (χ4v) is 2.26. The Morgan fingerprint density at radius 3 is 2.62 bits per heavy atom. The van der Waals surface area contributed by atoms with Gasteiger partial charge in [0.15, 0.2) is 5.69 Å². The van der Waals surface area contributed by atoms with E-state index < -0.39 is 0 Å². The average Bonchev–Trinajstić information content (AvgIpc) is 2.90. The van der Waals surface area contributed by atoms with Gasteiger partial charge in [0.25, 0.3) is 5.91 Å². The van der Waals surface area contributed by atoms with Crippen LogP contribution in [0.4, 0.5) is 0 Å². The first-order valence-corrected chi connectivity index (χ1v) is 7.44. The molecule has 0 bridgehead atoms. The largest absolute Gasteiger partial charge is 0.395 e. The molecule has 1 aromatic heterocycles. The van der Waals surface area contributed by atoms with E-state index in [0.29, 0.717) is 5.69 Å². The van der Waals surface area contributed by atoms with Crippen molar-refractivity contribution in [3.8, 4) is 5.69 Å². The van der Waals surface area contributed by atoms with Gasteiger partial charge >= 0.3 is 0 Å². The summed E-state index contributed by atoms with van der Waals surface area (Å²) in [5.74, 6) is -0.241. The SMILES string of the molecule is CC(C)c1c(C(=O)NCCO)nnn1-c1ccc(Br)cc1. The van der Waals surface area contributed by atoms with E-state index in [2.05, 4.69) is 31.6 Å². The van der Waals surface area contributed by atoms with Crippen LogP contribution in [0.15, 0.2) is 28.7 Å². The molecule has 1 amide bonds. The Bertz CT molecular complexity index is 622. The number of benzene rings is 1. The van der Waals surface area contributed by atoms with Gasteiger partial charge < -0.3 is 10.4 Å². The van der Waals surface area contributed by atoms with Gasteiger partial charge in [0.05, 0.1) is 18.0 Å². The molecule has 0 aliphatic rings. The first-order chi connectivity index (χ1) is 10.0. The topological polar surface area (TPSA) is 80.0 Å². The Morgan fingerprint density at radius 1 is 1.38 bits per heavy atom. The van der Waals surface area contributed by atoms with Gasteiger partial charge in [-0.1, -0.05) is 35.0 Å². The minimum absolute atomic E-state index is 0.0820. The van der Waals surface area contributed by atoms with Crippen LogP contribution in [-0.4, -0.2) is 39.2 Å². The average molecular weight is 353 g/mol. The molecule has 112 valence electrons. The molecular formula is C14H17BrN4O2. The summed E-state index contributed by atoms with van der Waals surface area (Å²) in [6.45, 7) is 4.05. The lowest BCUT2D eigenvalue weighted by molar-refractivity contribution is 0.0938. The molecule has 0 unspecified atom stereocenters. The second kappa shape index (κ2) is 6.82. The van der Waals surface area contributed by atoms with Gasteiger partial charge in [0.1, 0.15) is 0 Å². The highest BCUT2D eigenvalue weighted by atomic mass is 79.9. The molecule has 7 heteroatoms. The number of nitrogens with zero attached hydrogens (tertiary/aromatic N) is 3. The van der Waals surface area contributed by atoms with Gasteiger partial charge in [-0.2, -0.15) is 0 Å². The monoisotopic (exact) mass is 352 g/mol. The molecule has 1 aromatic carbocycles. The van der Waals surface area contributed by atoms with Crippen LogP contribution in [0.3, 0.4) is 0 Å². The van der Waals surface area contributed by atoms with E-state index in [1.165, 1.54) is 0 Å². The van der Waals surface area contributed by atoms with E-state index in [4.69, 9.17) is 5.11 Å². The zero-order valence-electron chi connectivity index (χ0n) is 11.9. The fraction of sp³-hybridized carbons (Fsp3) is 0.357. The smallest absolute Gasteiger partial charge is 0.273 e. The van der Waals surface area contributed by atoms with Crippen molar-refractivity contribution in [2.45, 2.75) is 19.8 Å². The lowest BCUT2D eigenvalue weighted by Crippen LogP contribution is -2.28. The Kier molecular flexibility index (Phi) is 5.08. The van der Waals surface area contributed by atoms with Gasteiger partial charge in [-0.25, -0.2) is 4.68 Å². The zero-order valence-corrected chi connectivity index (χ0v) is 13.5. The summed E-state index contributed by atoms with van der Waals surface area (Å²) in [7, 11) is 0. The van der Waals surface area contributed by atoms with E-state index in [1.807, 2.05) is 38.1 Å². The maximum atomic E-state index is 12.1.